The number of nitrogens with zero attached hydrogens (tertiary/aromatic N) is 2. The molecular formula is C10H10FN5OS. The molecular weight excluding hydrogens is 257 g/mol. The molecule has 0 atom stereocenters. The summed E-state index contributed by atoms with van der Waals surface area (Å²) in [4.78, 5) is 11.5. The molecule has 2 rings (SSSR count). The standard InChI is InChI=1S/C10H10FN5OS/c1-16-9(17)14-15-10(16)18-7-3-2-5(8(12)13)4-6(7)11/h2-4H,1H3,(H3,12,13)(H,14,17). The van der Waals surface area contributed by atoms with E-state index in [9.17, 15) is 9.18 Å². The Hall–Kier alpha value is -2.09. The lowest BCUT2D eigenvalue weighted by molar-refractivity contribution is 0.601. The first kappa shape index (κ1) is 12.4. The Balaban J connectivity index is 2.33. The van der Waals surface area contributed by atoms with Crippen LogP contribution in [0.2, 0.25) is 0 Å². The van der Waals surface area contributed by atoms with Gasteiger partial charge in [-0.2, -0.15) is 0 Å². The van der Waals surface area contributed by atoms with Gasteiger partial charge in [0, 0.05) is 12.6 Å². The number of nitrogens with two attached hydrogens (primary N) is 1. The molecule has 94 valence electrons. The average Bonchev–Trinajstić information content (AvgIpc) is 2.63. The van der Waals surface area contributed by atoms with E-state index in [0.29, 0.717) is 15.6 Å². The van der Waals surface area contributed by atoms with Crippen molar-refractivity contribution in [1.29, 1.82) is 5.41 Å². The maximum Gasteiger partial charge on any atom is 0.343 e. The highest BCUT2D eigenvalue weighted by Crippen LogP contribution is 2.27. The Kier molecular flexibility index (Phi) is 3.19. The molecule has 4 N–H and O–H groups in total. The molecule has 0 amide bonds. The van der Waals surface area contributed by atoms with Gasteiger partial charge in [0.05, 0.1) is 4.90 Å². The summed E-state index contributed by atoms with van der Waals surface area (Å²) in [7, 11) is 1.54. The number of nitrogens with one attached hydrogen (secondary N) is 2. The largest absolute Gasteiger partial charge is 0.384 e. The topological polar surface area (TPSA) is 101 Å². The first-order chi connectivity index (χ1) is 8.49. The van der Waals surface area contributed by atoms with Crippen LogP contribution < -0.4 is 11.4 Å². The van der Waals surface area contributed by atoms with E-state index in [1.54, 1.807) is 6.07 Å². The highest BCUT2D eigenvalue weighted by molar-refractivity contribution is 7.99. The third kappa shape index (κ3) is 2.28. The molecule has 0 bridgehead atoms. The quantitative estimate of drug-likeness (QED) is 0.562. The number of hydrogen-bond acceptors (Lipinski definition) is 4. The molecule has 0 aliphatic carbocycles. The number of aromatic nitrogens is 3. The van der Waals surface area contributed by atoms with E-state index in [1.807, 2.05) is 0 Å². The molecule has 0 radical (unpaired) electrons. The van der Waals surface area contributed by atoms with Crippen LogP contribution in [0, 0.1) is 11.2 Å². The Morgan fingerprint density at radius 2 is 2.33 bits per heavy atom. The minimum Gasteiger partial charge on any atom is -0.384 e. The lowest BCUT2D eigenvalue weighted by Crippen LogP contribution is -2.13. The number of aromatic amines is 1. The molecule has 18 heavy (non-hydrogen) atoms. The molecule has 1 aromatic carbocycles. The van der Waals surface area contributed by atoms with Crippen molar-refractivity contribution in [2.75, 3.05) is 0 Å². The second kappa shape index (κ2) is 4.65. The number of rotatable bonds is 3. The second-order valence-electron chi connectivity index (χ2n) is 3.53. The smallest absolute Gasteiger partial charge is 0.343 e. The first-order valence-electron chi connectivity index (χ1n) is 4.92. The number of amidine groups is 1. The predicted molar refractivity (Wildman–Crippen MR) is 65.4 cm³/mol. The minimum atomic E-state index is -0.511. The van der Waals surface area contributed by atoms with Gasteiger partial charge in [-0.1, -0.05) is 0 Å². The number of nitrogen functional groups attached to an aromatic ring is 1. The molecule has 0 fully saturated rings. The summed E-state index contributed by atoms with van der Waals surface area (Å²) >= 11 is 1.02. The fourth-order valence-electron chi connectivity index (χ4n) is 1.27. The Bertz CT molecular complexity index is 663. The lowest BCUT2D eigenvalue weighted by atomic mass is 10.2. The Labute approximate surface area is 106 Å². The van der Waals surface area contributed by atoms with Gasteiger partial charge < -0.3 is 5.73 Å². The van der Waals surface area contributed by atoms with Gasteiger partial charge in [0.25, 0.3) is 0 Å². The van der Waals surface area contributed by atoms with Crippen LogP contribution >= 0.6 is 11.8 Å². The molecule has 0 aliphatic heterocycles. The normalized spacial score (nSPS) is 10.6. The molecule has 0 aliphatic rings. The van der Waals surface area contributed by atoms with E-state index < -0.39 is 5.82 Å². The van der Waals surface area contributed by atoms with Crippen LogP contribution in [0.25, 0.3) is 0 Å². The van der Waals surface area contributed by atoms with Gasteiger partial charge in [-0.05, 0) is 30.0 Å². The molecule has 0 unspecified atom stereocenters. The molecule has 0 saturated carbocycles. The van der Waals surface area contributed by atoms with E-state index in [-0.39, 0.29) is 11.5 Å². The fourth-order valence-corrected chi connectivity index (χ4v) is 2.07. The number of hydrogen-bond donors (Lipinski definition) is 3. The van der Waals surface area contributed by atoms with Crippen LogP contribution in [-0.4, -0.2) is 20.6 Å². The van der Waals surface area contributed by atoms with Crippen molar-refractivity contribution in [3.05, 3.63) is 40.1 Å². The van der Waals surface area contributed by atoms with Crippen LogP contribution in [-0.2, 0) is 7.05 Å². The van der Waals surface area contributed by atoms with Crippen molar-refractivity contribution in [2.24, 2.45) is 12.8 Å². The van der Waals surface area contributed by atoms with Gasteiger partial charge in [-0.25, -0.2) is 14.3 Å². The van der Waals surface area contributed by atoms with Crippen molar-refractivity contribution >= 4 is 17.6 Å². The first-order valence-corrected chi connectivity index (χ1v) is 5.74. The number of H-pyrrole nitrogens is 1. The van der Waals surface area contributed by atoms with Gasteiger partial charge in [0.15, 0.2) is 5.16 Å². The van der Waals surface area contributed by atoms with E-state index in [0.717, 1.165) is 11.8 Å². The van der Waals surface area contributed by atoms with Crippen LogP contribution in [0.3, 0.4) is 0 Å². The Morgan fingerprint density at radius 3 is 2.83 bits per heavy atom. The Morgan fingerprint density at radius 1 is 1.61 bits per heavy atom. The second-order valence-corrected chi connectivity index (χ2v) is 4.54. The van der Waals surface area contributed by atoms with Crippen molar-refractivity contribution in [3.63, 3.8) is 0 Å². The van der Waals surface area contributed by atoms with Gasteiger partial charge in [-0.3, -0.25) is 9.98 Å². The van der Waals surface area contributed by atoms with E-state index in [4.69, 9.17) is 11.1 Å². The van der Waals surface area contributed by atoms with Gasteiger partial charge in [0.1, 0.15) is 11.7 Å². The molecule has 1 heterocycles. The lowest BCUT2D eigenvalue weighted by Gasteiger charge is -2.04. The summed E-state index contributed by atoms with van der Waals surface area (Å²) in [5.41, 5.74) is 5.21. The summed E-state index contributed by atoms with van der Waals surface area (Å²) < 4.78 is 15.0. The van der Waals surface area contributed by atoms with Gasteiger partial charge in [0.2, 0.25) is 0 Å². The highest BCUT2D eigenvalue weighted by atomic mass is 32.2. The van der Waals surface area contributed by atoms with Gasteiger partial charge in [-0.15, -0.1) is 5.10 Å². The summed E-state index contributed by atoms with van der Waals surface area (Å²) in [5, 5.41) is 13.6. The molecule has 8 heteroatoms. The third-order valence-electron chi connectivity index (χ3n) is 2.28. The van der Waals surface area contributed by atoms with Crippen LogP contribution in [0.4, 0.5) is 4.39 Å². The SMILES string of the molecule is Cn1c(Sc2ccc(C(=N)N)cc2F)n[nH]c1=O. The van der Waals surface area contributed by atoms with Crippen molar-refractivity contribution < 1.29 is 4.39 Å². The van der Waals surface area contributed by atoms with E-state index >= 15 is 0 Å². The van der Waals surface area contributed by atoms with Crippen LogP contribution in [0.15, 0.2) is 33.0 Å². The van der Waals surface area contributed by atoms with Crippen LogP contribution in [0.5, 0.6) is 0 Å². The maximum atomic E-state index is 13.7. The highest BCUT2D eigenvalue weighted by Gasteiger charge is 2.11. The summed E-state index contributed by atoms with van der Waals surface area (Å²) in [6.45, 7) is 0. The van der Waals surface area contributed by atoms with E-state index in [1.165, 1.54) is 23.7 Å². The van der Waals surface area contributed by atoms with Crippen molar-refractivity contribution in [3.8, 4) is 0 Å². The summed E-state index contributed by atoms with van der Waals surface area (Å²) in [6, 6.07) is 4.21. The number of benzene rings is 1. The third-order valence-corrected chi connectivity index (χ3v) is 3.38. The number of halogens is 1. The van der Waals surface area contributed by atoms with E-state index in [2.05, 4.69) is 10.2 Å². The van der Waals surface area contributed by atoms with Crippen molar-refractivity contribution in [1.82, 2.24) is 14.8 Å². The molecule has 0 saturated heterocycles. The molecule has 2 aromatic rings. The fraction of sp³-hybridized carbons (Fsp3) is 0.100. The van der Waals surface area contributed by atoms with Crippen LogP contribution in [0.1, 0.15) is 5.56 Å². The predicted octanol–water partition coefficient (Wildman–Crippen LogP) is 0.683. The minimum absolute atomic E-state index is 0.197. The molecule has 6 nitrogen and oxygen atoms in total. The maximum absolute atomic E-state index is 13.7. The van der Waals surface area contributed by atoms with Crippen molar-refractivity contribution in [2.45, 2.75) is 10.1 Å². The average molecular weight is 267 g/mol. The molecule has 1 aromatic heterocycles. The zero-order valence-corrected chi connectivity index (χ0v) is 10.2. The monoisotopic (exact) mass is 267 g/mol. The van der Waals surface area contributed by atoms with Gasteiger partial charge >= 0.3 is 5.69 Å². The zero-order chi connectivity index (χ0) is 13.3. The summed E-state index contributed by atoms with van der Waals surface area (Å²) in [6.07, 6.45) is 0. The zero-order valence-electron chi connectivity index (χ0n) is 9.40. The molecule has 0 spiro atoms. The summed E-state index contributed by atoms with van der Waals surface area (Å²) in [5.74, 6) is -0.708.